The van der Waals surface area contributed by atoms with Crippen LogP contribution >= 0.6 is 15.9 Å². The molecule has 0 heterocycles. The van der Waals surface area contributed by atoms with Crippen LogP contribution in [0.3, 0.4) is 0 Å². The van der Waals surface area contributed by atoms with E-state index in [0.717, 1.165) is 0 Å². The highest BCUT2D eigenvalue weighted by molar-refractivity contribution is 9.10. The zero-order valence-electron chi connectivity index (χ0n) is 7.58. The molecule has 3 nitrogen and oxygen atoms in total. The molecular formula is C10H9BrO3. The molecule has 1 aromatic rings. The summed E-state index contributed by atoms with van der Waals surface area (Å²) in [5, 5.41) is 9.38. The van der Waals surface area contributed by atoms with Gasteiger partial charge in [-0.15, -0.1) is 0 Å². The summed E-state index contributed by atoms with van der Waals surface area (Å²) in [6.07, 6.45) is 1.20. The fourth-order valence-electron chi connectivity index (χ4n) is 1.01. The Hall–Kier alpha value is -1.29. The second kappa shape index (κ2) is 4.28. The molecule has 0 saturated heterocycles. The van der Waals surface area contributed by atoms with Crippen LogP contribution in [0, 0.1) is 0 Å². The van der Waals surface area contributed by atoms with Crippen LogP contribution in [-0.4, -0.2) is 18.0 Å². The van der Waals surface area contributed by atoms with Crippen molar-refractivity contribution >= 4 is 21.7 Å². The molecule has 0 radical (unpaired) electrons. The van der Waals surface area contributed by atoms with Crippen molar-refractivity contribution in [2.24, 2.45) is 0 Å². The van der Waals surface area contributed by atoms with Crippen molar-refractivity contribution in [2.75, 3.05) is 7.11 Å². The topological polar surface area (TPSA) is 46.5 Å². The lowest BCUT2D eigenvalue weighted by molar-refractivity contribution is 0.104. The minimum atomic E-state index is -0.227. The molecule has 0 amide bonds. The Labute approximate surface area is 90.1 Å². The number of phenolic OH excluding ortho intramolecular Hbond substituents is 1. The van der Waals surface area contributed by atoms with Gasteiger partial charge in [0.15, 0.2) is 17.3 Å². The molecule has 0 saturated carbocycles. The van der Waals surface area contributed by atoms with Gasteiger partial charge in [0.25, 0.3) is 0 Å². The van der Waals surface area contributed by atoms with E-state index in [1.165, 1.54) is 25.3 Å². The van der Waals surface area contributed by atoms with Gasteiger partial charge in [-0.2, -0.15) is 0 Å². The summed E-state index contributed by atoms with van der Waals surface area (Å²) >= 11 is 3.17. The average molecular weight is 257 g/mol. The number of halogens is 1. The normalized spacial score (nSPS) is 9.57. The number of carbonyl (C=O) groups is 1. The molecule has 74 valence electrons. The Morgan fingerprint density at radius 2 is 2.29 bits per heavy atom. The maximum atomic E-state index is 11.3. The average Bonchev–Trinajstić information content (AvgIpc) is 2.17. The summed E-state index contributed by atoms with van der Waals surface area (Å²) in [6, 6.07) is 2.87. The minimum Gasteiger partial charge on any atom is -0.504 e. The number of hydrogen-bond acceptors (Lipinski definition) is 3. The highest BCUT2D eigenvalue weighted by Crippen LogP contribution is 2.32. The molecule has 0 aromatic heterocycles. The number of benzene rings is 1. The van der Waals surface area contributed by atoms with Crippen molar-refractivity contribution in [3.8, 4) is 11.5 Å². The van der Waals surface area contributed by atoms with Crippen LogP contribution in [0.15, 0.2) is 29.3 Å². The quantitative estimate of drug-likeness (QED) is 0.668. The predicted molar refractivity (Wildman–Crippen MR) is 56.9 cm³/mol. The van der Waals surface area contributed by atoms with E-state index in [9.17, 15) is 9.90 Å². The molecule has 0 aliphatic carbocycles. The molecule has 0 aliphatic rings. The number of rotatable bonds is 3. The minimum absolute atomic E-state index is 0.0139. The van der Waals surface area contributed by atoms with Crippen LogP contribution in [0.25, 0.3) is 0 Å². The van der Waals surface area contributed by atoms with E-state index >= 15 is 0 Å². The number of hydrogen-bond donors (Lipinski definition) is 1. The van der Waals surface area contributed by atoms with Gasteiger partial charge in [0.1, 0.15) is 0 Å². The number of allylic oxidation sites excluding steroid dienone is 1. The van der Waals surface area contributed by atoms with Crippen LogP contribution < -0.4 is 4.74 Å². The SMILES string of the molecule is C=CC(=O)c1cc(OC)c(O)cc1Br. The summed E-state index contributed by atoms with van der Waals surface area (Å²) in [6.45, 7) is 3.38. The highest BCUT2D eigenvalue weighted by Gasteiger charge is 2.11. The first-order valence-corrected chi connectivity index (χ1v) is 4.62. The summed E-state index contributed by atoms with van der Waals surface area (Å²) in [7, 11) is 1.42. The fraction of sp³-hybridized carbons (Fsp3) is 0.100. The van der Waals surface area contributed by atoms with E-state index in [2.05, 4.69) is 22.5 Å². The lowest BCUT2D eigenvalue weighted by Crippen LogP contribution is -1.96. The molecule has 0 atom stereocenters. The summed E-state index contributed by atoms with van der Waals surface area (Å²) in [4.78, 5) is 11.3. The summed E-state index contributed by atoms with van der Waals surface area (Å²) in [5.41, 5.74) is 0.412. The largest absolute Gasteiger partial charge is 0.504 e. The third-order valence-electron chi connectivity index (χ3n) is 1.72. The van der Waals surface area contributed by atoms with Crippen LogP contribution in [0.4, 0.5) is 0 Å². The van der Waals surface area contributed by atoms with E-state index in [1.54, 1.807) is 0 Å². The van der Waals surface area contributed by atoms with Crippen molar-refractivity contribution in [3.05, 3.63) is 34.8 Å². The number of phenols is 1. The van der Waals surface area contributed by atoms with Crippen LogP contribution in [0.1, 0.15) is 10.4 Å². The van der Waals surface area contributed by atoms with Crippen LogP contribution in [0.5, 0.6) is 11.5 Å². The second-order valence-corrected chi connectivity index (χ2v) is 3.43. The highest BCUT2D eigenvalue weighted by atomic mass is 79.9. The Bertz CT molecular complexity index is 385. The number of ether oxygens (including phenoxy) is 1. The monoisotopic (exact) mass is 256 g/mol. The van der Waals surface area contributed by atoms with Gasteiger partial charge in [-0.25, -0.2) is 0 Å². The van der Waals surface area contributed by atoms with Crippen molar-refractivity contribution < 1.29 is 14.6 Å². The first kappa shape index (κ1) is 10.8. The van der Waals surface area contributed by atoms with Crippen molar-refractivity contribution in [3.63, 3.8) is 0 Å². The second-order valence-electron chi connectivity index (χ2n) is 2.57. The zero-order valence-corrected chi connectivity index (χ0v) is 9.17. The van der Waals surface area contributed by atoms with E-state index in [-0.39, 0.29) is 17.3 Å². The molecule has 0 spiro atoms. The smallest absolute Gasteiger partial charge is 0.186 e. The molecular weight excluding hydrogens is 248 g/mol. The number of methoxy groups -OCH3 is 1. The van der Waals surface area contributed by atoms with Gasteiger partial charge in [0.05, 0.1) is 7.11 Å². The Morgan fingerprint density at radius 1 is 1.64 bits per heavy atom. The Morgan fingerprint density at radius 3 is 2.79 bits per heavy atom. The van der Waals surface area contributed by atoms with Crippen molar-refractivity contribution in [2.45, 2.75) is 0 Å². The third kappa shape index (κ3) is 1.96. The van der Waals surface area contributed by atoms with Gasteiger partial charge in [-0.05, 0) is 34.1 Å². The maximum absolute atomic E-state index is 11.3. The molecule has 0 bridgehead atoms. The van der Waals surface area contributed by atoms with Crippen molar-refractivity contribution in [1.82, 2.24) is 0 Å². The number of ketones is 1. The van der Waals surface area contributed by atoms with Gasteiger partial charge >= 0.3 is 0 Å². The van der Waals surface area contributed by atoms with E-state index < -0.39 is 0 Å². The van der Waals surface area contributed by atoms with Gasteiger partial charge in [-0.3, -0.25) is 4.79 Å². The van der Waals surface area contributed by atoms with Crippen LogP contribution in [0.2, 0.25) is 0 Å². The fourth-order valence-corrected chi connectivity index (χ4v) is 1.53. The molecule has 0 unspecified atom stereocenters. The molecule has 1 aromatic carbocycles. The lowest BCUT2D eigenvalue weighted by Gasteiger charge is -2.06. The Balaban J connectivity index is 3.30. The first-order chi connectivity index (χ1) is 6.60. The molecule has 0 aliphatic heterocycles. The molecule has 14 heavy (non-hydrogen) atoms. The Kier molecular flexibility index (Phi) is 3.30. The first-order valence-electron chi connectivity index (χ1n) is 3.83. The summed E-state index contributed by atoms with van der Waals surface area (Å²) < 4.78 is 5.39. The van der Waals surface area contributed by atoms with E-state index in [1.807, 2.05) is 0 Å². The van der Waals surface area contributed by atoms with Crippen LogP contribution in [-0.2, 0) is 0 Å². The summed E-state index contributed by atoms with van der Waals surface area (Å²) in [5.74, 6) is 0.0218. The lowest BCUT2D eigenvalue weighted by atomic mass is 10.1. The maximum Gasteiger partial charge on any atom is 0.186 e. The van der Waals surface area contributed by atoms with Gasteiger partial charge in [-0.1, -0.05) is 6.58 Å². The van der Waals surface area contributed by atoms with E-state index in [0.29, 0.717) is 10.0 Å². The molecule has 4 heteroatoms. The van der Waals surface area contributed by atoms with Gasteiger partial charge < -0.3 is 9.84 Å². The molecule has 1 N–H and O–H groups in total. The van der Waals surface area contributed by atoms with E-state index in [4.69, 9.17) is 4.74 Å². The third-order valence-corrected chi connectivity index (χ3v) is 2.38. The number of aromatic hydroxyl groups is 1. The molecule has 0 fully saturated rings. The standard InChI is InChI=1S/C10H9BrO3/c1-3-8(12)6-4-10(14-2)9(13)5-7(6)11/h3-5,13H,1H2,2H3. The number of carbonyl (C=O) groups excluding carboxylic acids is 1. The van der Waals surface area contributed by atoms with Crippen molar-refractivity contribution in [1.29, 1.82) is 0 Å². The predicted octanol–water partition coefficient (Wildman–Crippen LogP) is 2.53. The van der Waals surface area contributed by atoms with Gasteiger partial charge in [0.2, 0.25) is 0 Å². The zero-order chi connectivity index (χ0) is 10.7. The van der Waals surface area contributed by atoms with Gasteiger partial charge in [0, 0.05) is 10.0 Å². The molecule has 1 rings (SSSR count).